The first-order valence-corrected chi connectivity index (χ1v) is 8.24. The Morgan fingerprint density at radius 3 is 2.24 bits per heavy atom. The molecular formula is C17H26N2O2. The van der Waals surface area contributed by atoms with E-state index in [1.165, 1.54) is 32.1 Å². The molecule has 2 atom stereocenters. The van der Waals surface area contributed by atoms with Gasteiger partial charge < -0.3 is 0 Å². The Kier molecular flexibility index (Phi) is 5.13. The van der Waals surface area contributed by atoms with E-state index in [1.54, 1.807) is 12.2 Å². The van der Waals surface area contributed by atoms with Gasteiger partial charge in [0.25, 0.3) is 0 Å². The Balaban J connectivity index is 2.42. The summed E-state index contributed by atoms with van der Waals surface area (Å²) in [5.41, 5.74) is -0.720. The third-order valence-corrected chi connectivity index (χ3v) is 6.03. The second kappa shape index (κ2) is 6.68. The fourth-order valence-corrected chi connectivity index (χ4v) is 4.66. The van der Waals surface area contributed by atoms with Crippen molar-refractivity contribution in [2.24, 2.45) is 21.3 Å². The summed E-state index contributed by atoms with van der Waals surface area (Å²) in [6, 6.07) is -0.220. The largest absolute Gasteiger partial charge is 0.235 e. The number of rotatable bonds is 4. The first-order valence-electron chi connectivity index (χ1n) is 8.24. The van der Waals surface area contributed by atoms with Crippen molar-refractivity contribution in [3.8, 4) is 0 Å². The van der Waals surface area contributed by atoms with Gasteiger partial charge in [-0.15, -0.1) is 0 Å². The van der Waals surface area contributed by atoms with Crippen molar-refractivity contribution >= 4 is 12.2 Å². The number of nitrogens with zero attached hydrogens (tertiary/aromatic N) is 2. The molecule has 21 heavy (non-hydrogen) atoms. The zero-order chi connectivity index (χ0) is 15.3. The highest BCUT2D eigenvalue weighted by Gasteiger charge is 2.55. The van der Waals surface area contributed by atoms with Gasteiger partial charge in [0.2, 0.25) is 12.2 Å². The van der Waals surface area contributed by atoms with E-state index in [2.05, 4.69) is 23.8 Å². The predicted molar refractivity (Wildman–Crippen MR) is 81.6 cm³/mol. The van der Waals surface area contributed by atoms with Crippen LogP contribution in [0.15, 0.2) is 9.98 Å². The summed E-state index contributed by atoms with van der Waals surface area (Å²) in [4.78, 5) is 30.3. The lowest BCUT2D eigenvalue weighted by molar-refractivity contribution is 0.0210. The van der Waals surface area contributed by atoms with Gasteiger partial charge in [-0.05, 0) is 37.0 Å². The average Bonchev–Trinajstić information content (AvgIpc) is 2.50. The van der Waals surface area contributed by atoms with Gasteiger partial charge in [-0.2, -0.15) is 9.98 Å². The van der Waals surface area contributed by atoms with Gasteiger partial charge in [-0.3, -0.25) is 0 Å². The van der Waals surface area contributed by atoms with Crippen LogP contribution in [0.4, 0.5) is 0 Å². The summed E-state index contributed by atoms with van der Waals surface area (Å²) in [5, 5.41) is 0. The van der Waals surface area contributed by atoms with Crippen LogP contribution in [0.5, 0.6) is 0 Å². The minimum Gasteiger partial charge on any atom is -0.211 e. The maximum absolute atomic E-state index is 11.1. The molecule has 116 valence electrons. The standard InChI is InChI=1S/C17H26N2O2/c1-16(2,14-8-4-3-5-9-14)17(19-13-21)11-7-6-10-15(17)18-12-20/h14-15H,3-11H2,1-2H3. The van der Waals surface area contributed by atoms with Gasteiger partial charge in [0, 0.05) is 0 Å². The Bertz CT molecular complexity index is 455. The maximum atomic E-state index is 11.1. The highest BCUT2D eigenvalue weighted by molar-refractivity contribution is 5.39. The SMILES string of the molecule is CC(C)(C1CCCCC1)C1(N=C=O)CCCCC1N=C=O. The highest BCUT2D eigenvalue weighted by Crippen LogP contribution is 2.53. The average molecular weight is 290 g/mol. The van der Waals surface area contributed by atoms with E-state index in [1.807, 2.05) is 0 Å². The molecule has 4 heteroatoms. The summed E-state index contributed by atoms with van der Waals surface area (Å²) in [5.74, 6) is 0.533. The molecule has 2 aliphatic rings. The fraction of sp³-hybridized carbons (Fsp3) is 0.882. The van der Waals surface area contributed by atoms with Crippen LogP contribution in [0, 0.1) is 11.3 Å². The molecule has 0 aromatic heterocycles. The van der Waals surface area contributed by atoms with Crippen molar-refractivity contribution in [2.75, 3.05) is 0 Å². The van der Waals surface area contributed by atoms with E-state index >= 15 is 0 Å². The third-order valence-electron chi connectivity index (χ3n) is 6.03. The van der Waals surface area contributed by atoms with Gasteiger partial charge in [0.05, 0.1) is 6.04 Å². The van der Waals surface area contributed by atoms with Crippen LogP contribution in [0.3, 0.4) is 0 Å². The number of hydrogen-bond donors (Lipinski definition) is 0. The lowest BCUT2D eigenvalue weighted by Crippen LogP contribution is -2.56. The van der Waals surface area contributed by atoms with Crippen LogP contribution >= 0.6 is 0 Å². The van der Waals surface area contributed by atoms with E-state index in [0.717, 1.165) is 25.7 Å². The van der Waals surface area contributed by atoms with E-state index in [0.29, 0.717) is 5.92 Å². The van der Waals surface area contributed by atoms with Crippen molar-refractivity contribution in [1.82, 2.24) is 0 Å². The second-order valence-electron chi connectivity index (χ2n) is 7.17. The van der Waals surface area contributed by atoms with Crippen LogP contribution in [0.2, 0.25) is 0 Å². The smallest absolute Gasteiger partial charge is 0.211 e. The van der Waals surface area contributed by atoms with Crippen molar-refractivity contribution in [3.63, 3.8) is 0 Å². The lowest BCUT2D eigenvalue weighted by atomic mass is 9.55. The van der Waals surface area contributed by atoms with Gasteiger partial charge in [-0.1, -0.05) is 46.0 Å². The van der Waals surface area contributed by atoms with E-state index in [-0.39, 0.29) is 11.5 Å². The number of aliphatic imine (C=N–C) groups is 2. The molecule has 2 rings (SSSR count). The molecule has 2 aliphatic carbocycles. The molecular weight excluding hydrogens is 264 g/mol. The number of carbonyl (C=O) groups excluding carboxylic acids is 2. The van der Waals surface area contributed by atoms with Crippen LogP contribution in [-0.4, -0.2) is 23.7 Å². The summed E-state index contributed by atoms with van der Waals surface area (Å²) in [6.07, 6.45) is 13.4. The molecule has 0 aromatic rings. The summed E-state index contributed by atoms with van der Waals surface area (Å²) in [7, 11) is 0. The first kappa shape index (κ1) is 16.1. The molecule has 2 saturated carbocycles. The predicted octanol–water partition coefficient (Wildman–Crippen LogP) is 3.95. The molecule has 0 heterocycles. The Morgan fingerprint density at radius 1 is 0.952 bits per heavy atom. The van der Waals surface area contributed by atoms with Crippen molar-refractivity contribution in [3.05, 3.63) is 0 Å². The van der Waals surface area contributed by atoms with Gasteiger partial charge in [0.1, 0.15) is 5.54 Å². The Morgan fingerprint density at radius 2 is 1.62 bits per heavy atom. The summed E-state index contributed by atoms with van der Waals surface area (Å²) in [6.45, 7) is 4.42. The van der Waals surface area contributed by atoms with Crippen LogP contribution in [0.25, 0.3) is 0 Å². The molecule has 4 nitrogen and oxygen atoms in total. The van der Waals surface area contributed by atoms with Crippen molar-refractivity contribution in [2.45, 2.75) is 83.2 Å². The molecule has 2 fully saturated rings. The van der Waals surface area contributed by atoms with Crippen LogP contribution in [0.1, 0.15) is 71.6 Å². The van der Waals surface area contributed by atoms with E-state index < -0.39 is 5.54 Å². The molecule has 0 spiro atoms. The lowest BCUT2D eigenvalue weighted by Gasteiger charge is -2.52. The van der Waals surface area contributed by atoms with Crippen LogP contribution in [-0.2, 0) is 9.59 Å². The number of isocyanates is 2. The van der Waals surface area contributed by atoms with Gasteiger partial charge >= 0.3 is 0 Å². The molecule has 0 bridgehead atoms. The molecule has 0 aromatic carbocycles. The van der Waals surface area contributed by atoms with E-state index in [9.17, 15) is 9.59 Å². The minimum absolute atomic E-state index is 0.143. The van der Waals surface area contributed by atoms with Gasteiger partial charge in [-0.25, -0.2) is 9.59 Å². The topological polar surface area (TPSA) is 58.9 Å². The molecule has 0 radical (unpaired) electrons. The minimum atomic E-state index is -0.577. The van der Waals surface area contributed by atoms with Crippen LogP contribution < -0.4 is 0 Å². The molecule has 0 aliphatic heterocycles. The van der Waals surface area contributed by atoms with Gasteiger partial charge in [0.15, 0.2) is 0 Å². The zero-order valence-corrected chi connectivity index (χ0v) is 13.2. The molecule has 0 saturated heterocycles. The fourth-order valence-electron chi connectivity index (χ4n) is 4.66. The molecule has 2 unspecified atom stereocenters. The maximum Gasteiger partial charge on any atom is 0.235 e. The Hall–Kier alpha value is -1.24. The van der Waals surface area contributed by atoms with Crippen molar-refractivity contribution in [1.29, 1.82) is 0 Å². The first-order chi connectivity index (χ1) is 10.1. The zero-order valence-electron chi connectivity index (χ0n) is 13.2. The highest BCUT2D eigenvalue weighted by atomic mass is 16.1. The Labute approximate surface area is 127 Å². The third kappa shape index (κ3) is 2.88. The molecule has 0 amide bonds. The van der Waals surface area contributed by atoms with Crippen molar-refractivity contribution < 1.29 is 9.59 Å². The summed E-state index contributed by atoms with van der Waals surface area (Å²) < 4.78 is 0. The summed E-state index contributed by atoms with van der Waals surface area (Å²) >= 11 is 0. The molecule has 0 N–H and O–H groups in total. The normalized spacial score (nSPS) is 31.0. The quantitative estimate of drug-likeness (QED) is 0.581. The monoisotopic (exact) mass is 290 g/mol. The van der Waals surface area contributed by atoms with E-state index in [4.69, 9.17) is 0 Å². The number of hydrogen-bond acceptors (Lipinski definition) is 4. The second-order valence-corrected chi connectivity index (χ2v) is 7.17.